The van der Waals surface area contributed by atoms with Crippen LogP contribution in [0.5, 0.6) is 0 Å². The minimum atomic E-state index is 0.410. The van der Waals surface area contributed by atoms with E-state index in [0.717, 1.165) is 12.4 Å². The first-order valence-corrected chi connectivity index (χ1v) is 7.31. The Hall–Kier alpha value is -0.970. The lowest BCUT2D eigenvalue weighted by Gasteiger charge is -2.13. The average Bonchev–Trinajstić information content (AvgIpc) is 3.09. The molecule has 0 aromatic carbocycles. The summed E-state index contributed by atoms with van der Waals surface area (Å²) in [6.07, 6.45) is 8.97. The molecule has 1 heterocycles. The normalized spacial score (nSPS) is 17.0. The second-order valence-electron chi connectivity index (χ2n) is 5.39. The van der Waals surface area contributed by atoms with Gasteiger partial charge in [-0.1, -0.05) is 32.6 Å². The van der Waals surface area contributed by atoms with E-state index in [1.807, 2.05) is 4.68 Å². The third-order valence-corrected chi connectivity index (χ3v) is 3.58. The van der Waals surface area contributed by atoms with Crippen molar-refractivity contribution in [2.75, 3.05) is 0 Å². The number of nitrogens with one attached hydrogen (secondary N) is 1. The molecule has 2 rings (SSSR count). The van der Waals surface area contributed by atoms with Crippen molar-refractivity contribution in [3.8, 4) is 0 Å². The van der Waals surface area contributed by atoms with E-state index < -0.39 is 0 Å². The van der Waals surface area contributed by atoms with Crippen LogP contribution in [0.25, 0.3) is 0 Å². The molecule has 1 N–H and O–H groups in total. The first-order valence-electron chi connectivity index (χ1n) is 7.31. The fourth-order valence-corrected chi connectivity index (χ4v) is 2.18. The minimum Gasteiger partial charge on any atom is -0.307 e. The molecule has 102 valence electrons. The van der Waals surface area contributed by atoms with Crippen LogP contribution in [0.1, 0.15) is 70.7 Å². The smallest absolute Gasteiger partial charge is 0.165 e. The van der Waals surface area contributed by atoms with Crippen molar-refractivity contribution in [1.29, 1.82) is 0 Å². The number of hydrogen-bond donors (Lipinski definition) is 1. The number of hydrogen-bond acceptors (Lipinski definition) is 4. The lowest BCUT2D eigenvalue weighted by molar-refractivity contribution is 0.408. The van der Waals surface area contributed by atoms with Gasteiger partial charge in [-0.2, -0.15) is 0 Å². The van der Waals surface area contributed by atoms with E-state index in [-0.39, 0.29) is 0 Å². The van der Waals surface area contributed by atoms with E-state index in [1.165, 1.54) is 44.9 Å². The van der Waals surface area contributed by atoms with Gasteiger partial charge in [0.25, 0.3) is 0 Å². The molecule has 1 aliphatic rings. The molecular weight excluding hydrogens is 226 g/mol. The minimum absolute atomic E-state index is 0.410. The Morgan fingerprint density at radius 3 is 2.89 bits per heavy atom. The molecule has 0 saturated heterocycles. The molecule has 1 aromatic rings. The number of unbranched alkanes of at least 4 members (excludes halogenated alkanes) is 3. The monoisotopic (exact) mass is 251 g/mol. The second-order valence-corrected chi connectivity index (χ2v) is 5.39. The van der Waals surface area contributed by atoms with Crippen molar-refractivity contribution in [2.45, 2.75) is 77.4 Å². The number of rotatable bonds is 9. The van der Waals surface area contributed by atoms with Crippen LogP contribution < -0.4 is 5.32 Å². The molecule has 1 unspecified atom stereocenters. The van der Waals surface area contributed by atoms with E-state index in [1.54, 1.807) is 0 Å². The first kappa shape index (κ1) is 13.5. The van der Waals surface area contributed by atoms with Crippen molar-refractivity contribution in [2.24, 2.45) is 0 Å². The second kappa shape index (κ2) is 6.83. The average molecular weight is 251 g/mol. The zero-order valence-corrected chi connectivity index (χ0v) is 11.6. The van der Waals surface area contributed by atoms with Crippen LogP contribution >= 0.6 is 0 Å². The van der Waals surface area contributed by atoms with Crippen LogP contribution in [-0.2, 0) is 6.54 Å². The topological polar surface area (TPSA) is 55.6 Å². The molecule has 18 heavy (non-hydrogen) atoms. The van der Waals surface area contributed by atoms with E-state index in [2.05, 4.69) is 34.7 Å². The van der Waals surface area contributed by atoms with Gasteiger partial charge in [0.2, 0.25) is 0 Å². The maximum atomic E-state index is 4.13. The fraction of sp³-hybridized carbons (Fsp3) is 0.923. The molecule has 0 aliphatic heterocycles. The zero-order valence-electron chi connectivity index (χ0n) is 11.6. The summed E-state index contributed by atoms with van der Waals surface area (Å²) in [6.45, 7) is 5.26. The van der Waals surface area contributed by atoms with Crippen molar-refractivity contribution in [1.82, 2.24) is 25.5 Å². The lowest BCUT2D eigenvalue weighted by Crippen LogP contribution is -2.21. The summed E-state index contributed by atoms with van der Waals surface area (Å²) in [5.41, 5.74) is 0. The van der Waals surface area contributed by atoms with E-state index >= 15 is 0 Å². The number of nitrogens with zero attached hydrogens (tertiary/aromatic N) is 4. The van der Waals surface area contributed by atoms with Crippen molar-refractivity contribution < 1.29 is 0 Å². The van der Waals surface area contributed by atoms with E-state index in [0.29, 0.717) is 12.1 Å². The molecular formula is C13H25N5. The van der Waals surface area contributed by atoms with Gasteiger partial charge in [0.1, 0.15) is 0 Å². The Kier molecular flexibility index (Phi) is 5.11. The van der Waals surface area contributed by atoms with Crippen molar-refractivity contribution >= 4 is 0 Å². The van der Waals surface area contributed by atoms with Crippen LogP contribution in [0.4, 0.5) is 0 Å². The quantitative estimate of drug-likeness (QED) is 0.685. The molecule has 0 bridgehead atoms. The Morgan fingerprint density at radius 2 is 2.17 bits per heavy atom. The predicted octanol–water partition coefficient (Wildman–Crippen LogP) is 2.46. The summed E-state index contributed by atoms with van der Waals surface area (Å²) < 4.78 is 1.99. The van der Waals surface area contributed by atoms with Gasteiger partial charge in [0.05, 0.1) is 12.6 Å². The standard InChI is InChI=1S/C13H25N5/c1-3-4-5-6-7-11(2)18-13(15-16-17-18)10-14-12-8-9-12/h11-12,14H,3-10H2,1-2H3. The van der Waals surface area contributed by atoms with Gasteiger partial charge in [-0.15, -0.1) is 5.10 Å². The predicted molar refractivity (Wildman–Crippen MR) is 71.1 cm³/mol. The Balaban J connectivity index is 1.76. The lowest BCUT2D eigenvalue weighted by atomic mass is 10.1. The van der Waals surface area contributed by atoms with Crippen LogP contribution in [-0.4, -0.2) is 26.2 Å². The maximum absolute atomic E-state index is 4.13. The number of aromatic nitrogens is 4. The molecule has 5 heteroatoms. The van der Waals surface area contributed by atoms with E-state index in [9.17, 15) is 0 Å². The summed E-state index contributed by atoms with van der Waals surface area (Å²) >= 11 is 0. The van der Waals surface area contributed by atoms with Gasteiger partial charge in [-0.3, -0.25) is 0 Å². The van der Waals surface area contributed by atoms with Gasteiger partial charge >= 0.3 is 0 Å². The summed E-state index contributed by atoms with van der Waals surface area (Å²) in [7, 11) is 0. The molecule has 0 spiro atoms. The van der Waals surface area contributed by atoms with Gasteiger partial charge in [0, 0.05) is 6.04 Å². The largest absolute Gasteiger partial charge is 0.307 e. The third-order valence-electron chi connectivity index (χ3n) is 3.58. The highest BCUT2D eigenvalue weighted by Gasteiger charge is 2.21. The van der Waals surface area contributed by atoms with Crippen LogP contribution in [0.2, 0.25) is 0 Å². The summed E-state index contributed by atoms with van der Waals surface area (Å²) in [4.78, 5) is 0. The molecule has 5 nitrogen and oxygen atoms in total. The molecule has 1 saturated carbocycles. The van der Waals surface area contributed by atoms with Crippen LogP contribution in [0, 0.1) is 0 Å². The molecule has 1 aromatic heterocycles. The number of tetrazole rings is 1. The van der Waals surface area contributed by atoms with Crippen LogP contribution in [0.3, 0.4) is 0 Å². The highest BCUT2D eigenvalue weighted by molar-refractivity contribution is 4.88. The molecule has 1 aliphatic carbocycles. The summed E-state index contributed by atoms with van der Waals surface area (Å²) in [6, 6.07) is 1.11. The first-order chi connectivity index (χ1) is 8.81. The van der Waals surface area contributed by atoms with Gasteiger partial charge in [-0.25, -0.2) is 4.68 Å². The zero-order chi connectivity index (χ0) is 12.8. The van der Waals surface area contributed by atoms with Crippen LogP contribution in [0.15, 0.2) is 0 Å². The Bertz CT molecular complexity index is 345. The summed E-state index contributed by atoms with van der Waals surface area (Å²) in [5.74, 6) is 0.977. The third kappa shape index (κ3) is 4.05. The highest BCUT2D eigenvalue weighted by atomic mass is 15.6. The van der Waals surface area contributed by atoms with Crippen molar-refractivity contribution in [3.05, 3.63) is 5.82 Å². The molecule has 0 amide bonds. The molecule has 0 radical (unpaired) electrons. The van der Waals surface area contributed by atoms with Crippen molar-refractivity contribution in [3.63, 3.8) is 0 Å². The highest BCUT2D eigenvalue weighted by Crippen LogP contribution is 2.20. The Morgan fingerprint density at radius 1 is 1.33 bits per heavy atom. The van der Waals surface area contributed by atoms with Gasteiger partial charge in [0.15, 0.2) is 5.82 Å². The fourth-order valence-electron chi connectivity index (χ4n) is 2.18. The summed E-state index contributed by atoms with van der Waals surface area (Å²) in [5, 5.41) is 15.5. The van der Waals surface area contributed by atoms with Gasteiger partial charge in [-0.05, 0) is 36.6 Å². The van der Waals surface area contributed by atoms with Gasteiger partial charge < -0.3 is 5.32 Å². The Labute approximate surface area is 109 Å². The molecule has 1 atom stereocenters. The van der Waals surface area contributed by atoms with E-state index in [4.69, 9.17) is 0 Å². The molecule has 1 fully saturated rings. The maximum Gasteiger partial charge on any atom is 0.165 e. The SMILES string of the molecule is CCCCCCC(C)n1nnnc1CNC1CC1.